The second kappa shape index (κ2) is 8.44. The summed E-state index contributed by atoms with van der Waals surface area (Å²) in [5.41, 5.74) is 6.16. The minimum atomic E-state index is -0.169. The van der Waals surface area contributed by atoms with Crippen molar-refractivity contribution >= 4 is 11.6 Å². The first kappa shape index (κ1) is 15.4. The molecule has 0 aliphatic carbocycles. The van der Waals surface area contributed by atoms with Crippen molar-refractivity contribution < 1.29 is 14.3 Å². The van der Waals surface area contributed by atoms with Crippen LogP contribution in [0.4, 0.5) is 5.69 Å². The van der Waals surface area contributed by atoms with Gasteiger partial charge < -0.3 is 20.5 Å². The van der Waals surface area contributed by atoms with Gasteiger partial charge in [0, 0.05) is 19.7 Å². The number of amides is 1. The summed E-state index contributed by atoms with van der Waals surface area (Å²) in [6, 6.07) is 3.45. The van der Waals surface area contributed by atoms with E-state index >= 15 is 0 Å². The van der Waals surface area contributed by atoms with Gasteiger partial charge in [0.25, 0.3) is 0 Å². The molecule has 0 saturated heterocycles. The Kier molecular flexibility index (Phi) is 6.84. The molecule has 106 valence electrons. The van der Waals surface area contributed by atoms with Crippen molar-refractivity contribution in [1.29, 1.82) is 0 Å². The van der Waals surface area contributed by atoms with Crippen LogP contribution in [-0.2, 0) is 9.53 Å². The lowest BCUT2D eigenvalue weighted by molar-refractivity contribution is -0.119. The van der Waals surface area contributed by atoms with E-state index in [4.69, 9.17) is 15.2 Å². The Balaban J connectivity index is 2.49. The lowest BCUT2D eigenvalue weighted by Crippen LogP contribution is -2.28. The molecule has 1 aromatic rings. The van der Waals surface area contributed by atoms with Crippen LogP contribution in [0.15, 0.2) is 18.3 Å². The van der Waals surface area contributed by atoms with E-state index < -0.39 is 0 Å². The summed E-state index contributed by atoms with van der Waals surface area (Å²) in [7, 11) is 1.61. The van der Waals surface area contributed by atoms with Gasteiger partial charge in [-0.1, -0.05) is 6.92 Å². The first-order chi connectivity index (χ1) is 9.21. The number of nitrogens with two attached hydrogens (primary N) is 1. The zero-order valence-electron chi connectivity index (χ0n) is 11.4. The van der Waals surface area contributed by atoms with Crippen LogP contribution in [0.3, 0.4) is 0 Å². The molecule has 0 aromatic carbocycles. The summed E-state index contributed by atoms with van der Waals surface area (Å²) in [4.78, 5) is 15.9. The molecule has 0 saturated carbocycles. The summed E-state index contributed by atoms with van der Waals surface area (Å²) in [6.07, 6.45) is 2.28. The molecule has 0 aliphatic rings. The van der Waals surface area contributed by atoms with Crippen LogP contribution in [0, 0.1) is 5.92 Å². The molecule has 1 aromatic heterocycles. The number of carbonyl (C=O) groups is 1. The molecule has 1 unspecified atom stereocenters. The molecule has 0 fully saturated rings. The average molecular weight is 267 g/mol. The second-order valence-electron chi connectivity index (χ2n) is 4.06. The molecule has 1 rings (SSSR count). The number of methoxy groups -OCH3 is 1. The van der Waals surface area contributed by atoms with Crippen LogP contribution in [0.5, 0.6) is 5.88 Å². The standard InChI is InChI=1S/C13H21N3O3/c1-3-10(8-14)13(17)16-11-4-5-12(15-9-11)19-7-6-18-2/h4-5,9-10H,3,6-8,14H2,1-2H3,(H,16,17). The van der Waals surface area contributed by atoms with Crippen LogP contribution in [-0.4, -0.2) is 37.8 Å². The molecule has 6 heteroatoms. The number of ether oxygens (including phenoxy) is 2. The molecule has 3 N–H and O–H groups in total. The maximum atomic E-state index is 11.8. The first-order valence-electron chi connectivity index (χ1n) is 6.30. The van der Waals surface area contributed by atoms with Crippen LogP contribution in [0.2, 0.25) is 0 Å². The van der Waals surface area contributed by atoms with E-state index in [1.165, 1.54) is 0 Å². The summed E-state index contributed by atoms with van der Waals surface area (Å²) in [5.74, 6) is 0.249. The predicted molar refractivity (Wildman–Crippen MR) is 73.1 cm³/mol. The number of hydrogen-bond donors (Lipinski definition) is 2. The number of nitrogens with one attached hydrogen (secondary N) is 1. The minimum Gasteiger partial charge on any atom is -0.475 e. The number of pyridine rings is 1. The predicted octanol–water partition coefficient (Wildman–Crippen LogP) is 1.03. The quantitative estimate of drug-likeness (QED) is 0.687. The highest BCUT2D eigenvalue weighted by Gasteiger charge is 2.14. The van der Waals surface area contributed by atoms with E-state index in [1.54, 1.807) is 25.4 Å². The van der Waals surface area contributed by atoms with E-state index in [-0.39, 0.29) is 11.8 Å². The van der Waals surface area contributed by atoms with Gasteiger partial charge >= 0.3 is 0 Å². The van der Waals surface area contributed by atoms with Gasteiger partial charge in [-0.05, 0) is 12.5 Å². The highest BCUT2D eigenvalue weighted by Crippen LogP contribution is 2.13. The van der Waals surface area contributed by atoms with E-state index in [2.05, 4.69) is 10.3 Å². The van der Waals surface area contributed by atoms with Gasteiger partial charge in [-0.25, -0.2) is 4.98 Å². The second-order valence-corrected chi connectivity index (χ2v) is 4.06. The highest BCUT2D eigenvalue weighted by molar-refractivity contribution is 5.92. The monoisotopic (exact) mass is 267 g/mol. The maximum absolute atomic E-state index is 11.8. The van der Waals surface area contributed by atoms with Crippen LogP contribution in [0.1, 0.15) is 13.3 Å². The molecule has 1 heterocycles. The molecule has 19 heavy (non-hydrogen) atoms. The van der Waals surface area contributed by atoms with E-state index in [1.807, 2.05) is 6.92 Å². The van der Waals surface area contributed by atoms with Gasteiger partial charge in [0.15, 0.2) is 0 Å². The number of nitrogens with zero attached hydrogens (tertiary/aromatic N) is 1. The summed E-state index contributed by atoms with van der Waals surface area (Å²) in [5, 5.41) is 2.78. The van der Waals surface area contributed by atoms with Crippen molar-refractivity contribution in [2.75, 3.05) is 32.2 Å². The Morgan fingerprint density at radius 3 is 2.79 bits per heavy atom. The molecule has 1 amide bonds. The number of anilines is 1. The molecule has 1 atom stereocenters. The molecular weight excluding hydrogens is 246 g/mol. The molecule has 0 aliphatic heterocycles. The number of carbonyl (C=O) groups excluding carboxylic acids is 1. The smallest absolute Gasteiger partial charge is 0.228 e. The fourth-order valence-electron chi connectivity index (χ4n) is 1.47. The molecule has 0 bridgehead atoms. The van der Waals surface area contributed by atoms with Gasteiger partial charge in [-0.15, -0.1) is 0 Å². The Labute approximate surface area is 113 Å². The molecular formula is C13H21N3O3. The Morgan fingerprint density at radius 2 is 2.26 bits per heavy atom. The van der Waals surface area contributed by atoms with E-state index in [9.17, 15) is 4.79 Å². The molecule has 6 nitrogen and oxygen atoms in total. The third-order valence-electron chi connectivity index (χ3n) is 2.69. The fraction of sp³-hybridized carbons (Fsp3) is 0.538. The van der Waals surface area contributed by atoms with Gasteiger partial charge in [0.1, 0.15) is 6.61 Å². The van der Waals surface area contributed by atoms with Crippen molar-refractivity contribution in [1.82, 2.24) is 4.98 Å². The lowest BCUT2D eigenvalue weighted by Gasteiger charge is -2.12. The number of rotatable bonds is 8. The SMILES string of the molecule is CCC(CN)C(=O)Nc1ccc(OCCOC)nc1. The lowest BCUT2D eigenvalue weighted by atomic mass is 10.1. The van der Waals surface area contributed by atoms with Crippen molar-refractivity contribution in [3.8, 4) is 5.88 Å². The summed E-state index contributed by atoms with van der Waals surface area (Å²) < 4.78 is 10.2. The summed E-state index contributed by atoms with van der Waals surface area (Å²) >= 11 is 0. The fourth-order valence-corrected chi connectivity index (χ4v) is 1.47. The normalized spacial score (nSPS) is 11.9. The molecule has 0 spiro atoms. The number of hydrogen-bond acceptors (Lipinski definition) is 5. The third-order valence-corrected chi connectivity index (χ3v) is 2.69. The largest absolute Gasteiger partial charge is 0.475 e. The van der Waals surface area contributed by atoms with Crippen LogP contribution < -0.4 is 15.8 Å². The van der Waals surface area contributed by atoms with Crippen molar-refractivity contribution in [2.45, 2.75) is 13.3 Å². The van der Waals surface area contributed by atoms with Crippen molar-refractivity contribution in [3.05, 3.63) is 18.3 Å². The first-order valence-corrected chi connectivity index (χ1v) is 6.30. The highest BCUT2D eigenvalue weighted by atomic mass is 16.5. The Bertz CT molecular complexity index is 377. The average Bonchev–Trinajstić information content (AvgIpc) is 2.42. The third kappa shape index (κ3) is 5.23. The number of aromatic nitrogens is 1. The van der Waals surface area contributed by atoms with Gasteiger partial charge in [0.2, 0.25) is 11.8 Å². The van der Waals surface area contributed by atoms with Gasteiger partial charge in [0.05, 0.1) is 24.4 Å². The summed E-state index contributed by atoms with van der Waals surface area (Å²) in [6.45, 7) is 3.23. The van der Waals surface area contributed by atoms with E-state index in [0.717, 1.165) is 0 Å². The van der Waals surface area contributed by atoms with Crippen LogP contribution in [0.25, 0.3) is 0 Å². The van der Waals surface area contributed by atoms with Crippen molar-refractivity contribution in [2.24, 2.45) is 11.7 Å². The Hall–Kier alpha value is -1.66. The zero-order chi connectivity index (χ0) is 14.1. The Morgan fingerprint density at radius 1 is 1.47 bits per heavy atom. The van der Waals surface area contributed by atoms with Gasteiger partial charge in [-0.3, -0.25) is 4.79 Å². The minimum absolute atomic E-state index is 0.0835. The maximum Gasteiger partial charge on any atom is 0.228 e. The zero-order valence-corrected chi connectivity index (χ0v) is 11.4. The van der Waals surface area contributed by atoms with Crippen molar-refractivity contribution in [3.63, 3.8) is 0 Å². The molecule has 0 radical (unpaired) electrons. The van der Waals surface area contributed by atoms with E-state index in [0.29, 0.717) is 37.7 Å². The van der Waals surface area contributed by atoms with Gasteiger partial charge in [-0.2, -0.15) is 0 Å². The topological polar surface area (TPSA) is 86.5 Å². The van der Waals surface area contributed by atoms with Crippen LogP contribution >= 0.6 is 0 Å².